The minimum absolute atomic E-state index is 0.541. The number of ether oxygens (including phenoxy) is 1. The largest absolute Gasteiger partial charge is 0.494 e. The molecule has 4 nitrogen and oxygen atoms in total. The van der Waals surface area contributed by atoms with E-state index in [-0.39, 0.29) is 0 Å². The van der Waals surface area contributed by atoms with Crippen LogP contribution in [0.15, 0.2) is 35.0 Å². The van der Waals surface area contributed by atoms with E-state index in [1.54, 1.807) is 0 Å². The fraction of sp³-hybridized carbons (Fsp3) is 0.182. The van der Waals surface area contributed by atoms with Gasteiger partial charge in [0.25, 0.3) is 0 Å². The van der Waals surface area contributed by atoms with Crippen molar-refractivity contribution in [1.82, 2.24) is 5.16 Å². The van der Waals surface area contributed by atoms with E-state index in [9.17, 15) is 0 Å². The Morgan fingerprint density at radius 1 is 1.33 bits per heavy atom. The van der Waals surface area contributed by atoms with E-state index in [1.807, 2.05) is 31.2 Å². The lowest BCUT2D eigenvalue weighted by Gasteiger charge is -2.03. The Labute approximate surface area is 87.6 Å². The third kappa shape index (κ3) is 1.93. The van der Waals surface area contributed by atoms with Crippen LogP contribution in [-0.4, -0.2) is 11.8 Å². The van der Waals surface area contributed by atoms with E-state index in [0.29, 0.717) is 18.1 Å². The fourth-order valence-electron chi connectivity index (χ4n) is 1.34. The second-order valence-electron chi connectivity index (χ2n) is 3.07. The standard InChI is InChI=1S/C11H12N2O2/c1-2-14-9-5-3-8(4-6-9)11-10(12)7-13-15-11/h3-7H,2,12H2,1H3. The van der Waals surface area contributed by atoms with Crippen molar-refractivity contribution in [1.29, 1.82) is 0 Å². The quantitative estimate of drug-likeness (QED) is 0.833. The molecule has 0 radical (unpaired) electrons. The van der Waals surface area contributed by atoms with Gasteiger partial charge in [0.05, 0.1) is 12.8 Å². The van der Waals surface area contributed by atoms with Crippen LogP contribution in [0.2, 0.25) is 0 Å². The zero-order valence-corrected chi connectivity index (χ0v) is 8.43. The van der Waals surface area contributed by atoms with Crippen molar-refractivity contribution in [2.24, 2.45) is 0 Å². The highest BCUT2D eigenvalue weighted by molar-refractivity contribution is 5.70. The summed E-state index contributed by atoms with van der Waals surface area (Å²) in [5.74, 6) is 1.43. The lowest BCUT2D eigenvalue weighted by molar-refractivity contribution is 0.340. The van der Waals surface area contributed by atoms with Gasteiger partial charge in [-0.15, -0.1) is 0 Å². The normalized spacial score (nSPS) is 10.2. The minimum Gasteiger partial charge on any atom is -0.494 e. The summed E-state index contributed by atoms with van der Waals surface area (Å²) in [5, 5.41) is 3.63. The molecule has 0 spiro atoms. The zero-order chi connectivity index (χ0) is 10.7. The Morgan fingerprint density at radius 3 is 2.60 bits per heavy atom. The summed E-state index contributed by atoms with van der Waals surface area (Å²) in [6.45, 7) is 2.60. The SMILES string of the molecule is CCOc1ccc(-c2oncc2N)cc1. The van der Waals surface area contributed by atoms with Gasteiger partial charge in [0.15, 0.2) is 5.76 Å². The predicted octanol–water partition coefficient (Wildman–Crippen LogP) is 2.32. The van der Waals surface area contributed by atoms with Gasteiger partial charge in [0.1, 0.15) is 11.4 Å². The van der Waals surface area contributed by atoms with Crippen LogP contribution in [0.4, 0.5) is 5.69 Å². The first kappa shape index (κ1) is 9.58. The Morgan fingerprint density at radius 2 is 2.07 bits per heavy atom. The van der Waals surface area contributed by atoms with Crippen LogP contribution >= 0.6 is 0 Å². The van der Waals surface area contributed by atoms with Gasteiger partial charge in [0, 0.05) is 5.56 Å². The van der Waals surface area contributed by atoms with Gasteiger partial charge in [-0.3, -0.25) is 0 Å². The molecular formula is C11H12N2O2. The molecule has 0 atom stereocenters. The highest BCUT2D eigenvalue weighted by atomic mass is 16.5. The highest BCUT2D eigenvalue weighted by Crippen LogP contribution is 2.26. The average Bonchev–Trinajstić information content (AvgIpc) is 2.66. The minimum atomic E-state index is 0.541. The molecule has 4 heteroatoms. The first-order valence-electron chi connectivity index (χ1n) is 4.74. The van der Waals surface area contributed by atoms with Gasteiger partial charge in [-0.1, -0.05) is 5.16 Å². The van der Waals surface area contributed by atoms with E-state index in [0.717, 1.165) is 11.3 Å². The molecule has 15 heavy (non-hydrogen) atoms. The molecule has 0 saturated heterocycles. The Kier molecular flexibility index (Phi) is 2.58. The maximum Gasteiger partial charge on any atom is 0.189 e. The Bertz CT molecular complexity index is 434. The summed E-state index contributed by atoms with van der Waals surface area (Å²) in [6.07, 6.45) is 1.49. The van der Waals surface area contributed by atoms with Gasteiger partial charge in [0.2, 0.25) is 0 Å². The zero-order valence-electron chi connectivity index (χ0n) is 8.43. The molecule has 2 N–H and O–H groups in total. The Hall–Kier alpha value is -1.97. The van der Waals surface area contributed by atoms with Crippen LogP contribution in [0.1, 0.15) is 6.92 Å². The van der Waals surface area contributed by atoms with Crippen LogP contribution in [0.5, 0.6) is 5.75 Å². The van der Waals surface area contributed by atoms with Crippen molar-refractivity contribution >= 4 is 5.69 Å². The second-order valence-corrected chi connectivity index (χ2v) is 3.07. The number of rotatable bonds is 3. The van der Waals surface area contributed by atoms with Crippen molar-refractivity contribution in [2.45, 2.75) is 6.92 Å². The molecular weight excluding hydrogens is 192 g/mol. The maximum absolute atomic E-state index is 5.68. The number of hydrogen-bond donors (Lipinski definition) is 1. The lowest BCUT2D eigenvalue weighted by atomic mass is 10.1. The van der Waals surface area contributed by atoms with Crippen LogP contribution in [-0.2, 0) is 0 Å². The summed E-state index contributed by atoms with van der Waals surface area (Å²) >= 11 is 0. The van der Waals surface area contributed by atoms with Crippen LogP contribution < -0.4 is 10.5 Å². The summed E-state index contributed by atoms with van der Waals surface area (Å²) in [4.78, 5) is 0. The van der Waals surface area contributed by atoms with Gasteiger partial charge >= 0.3 is 0 Å². The summed E-state index contributed by atoms with van der Waals surface area (Å²) in [5.41, 5.74) is 7.12. The van der Waals surface area contributed by atoms with E-state index in [4.69, 9.17) is 15.0 Å². The third-order valence-electron chi connectivity index (χ3n) is 2.03. The van der Waals surface area contributed by atoms with Crippen molar-refractivity contribution in [3.05, 3.63) is 30.5 Å². The molecule has 0 aliphatic rings. The summed E-state index contributed by atoms with van der Waals surface area (Å²) in [6, 6.07) is 7.53. The number of nitrogens with zero attached hydrogens (tertiary/aromatic N) is 1. The molecule has 2 aromatic rings. The van der Waals surface area contributed by atoms with Gasteiger partial charge in [-0.05, 0) is 31.2 Å². The predicted molar refractivity (Wildman–Crippen MR) is 57.5 cm³/mol. The molecule has 0 fully saturated rings. The summed E-state index contributed by atoms with van der Waals surface area (Å²) in [7, 11) is 0. The number of benzene rings is 1. The highest BCUT2D eigenvalue weighted by Gasteiger charge is 2.07. The number of anilines is 1. The fourth-order valence-corrected chi connectivity index (χ4v) is 1.34. The van der Waals surface area contributed by atoms with E-state index >= 15 is 0 Å². The lowest BCUT2D eigenvalue weighted by Crippen LogP contribution is -1.91. The topological polar surface area (TPSA) is 61.3 Å². The van der Waals surface area contributed by atoms with Gasteiger partial charge in [-0.25, -0.2) is 0 Å². The van der Waals surface area contributed by atoms with Crippen molar-refractivity contribution in [3.63, 3.8) is 0 Å². The first-order valence-corrected chi connectivity index (χ1v) is 4.74. The molecule has 0 unspecified atom stereocenters. The van der Waals surface area contributed by atoms with Gasteiger partial charge < -0.3 is 15.0 Å². The van der Waals surface area contributed by atoms with E-state index < -0.39 is 0 Å². The molecule has 0 amide bonds. The molecule has 1 aromatic carbocycles. The molecule has 0 aliphatic heterocycles. The van der Waals surface area contributed by atoms with Crippen LogP contribution in [0, 0.1) is 0 Å². The Balaban J connectivity index is 2.28. The second kappa shape index (κ2) is 4.04. The van der Waals surface area contributed by atoms with Crippen molar-refractivity contribution < 1.29 is 9.26 Å². The monoisotopic (exact) mass is 204 g/mol. The van der Waals surface area contributed by atoms with Gasteiger partial charge in [-0.2, -0.15) is 0 Å². The average molecular weight is 204 g/mol. The molecule has 1 heterocycles. The van der Waals surface area contributed by atoms with E-state index in [2.05, 4.69) is 5.16 Å². The first-order chi connectivity index (χ1) is 7.31. The van der Waals surface area contributed by atoms with Crippen molar-refractivity contribution in [2.75, 3.05) is 12.3 Å². The third-order valence-corrected chi connectivity index (χ3v) is 2.03. The number of nitrogen functional groups attached to an aromatic ring is 1. The van der Waals surface area contributed by atoms with Crippen molar-refractivity contribution in [3.8, 4) is 17.1 Å². The number of nitrogens with two attached hydrogens (primary N) is 1. The number of hydrogen-bond acceptors (Lipinski definition) is 4. The van der Waals surface area contributed by atoms with Crippen LogP contribution in [0.25, 0.3) is 11.3 Å². The van der Waals surface area contributed by atoms with Crippen LogP contribution in [0.3, 0.4) is 0 Å². The summed E-state index contributed by atoms with van der Waals surface area (Å²) < 4.78 is 10.4. The molecule has 1 aromatic heterocycles. The molecule has 2 rings (SSSR count). The molecule has 0 bridgehead atoms. The molecule has 0 saturated carbocycles. The molecule has 0 aliphatic carbocycles. The van der Waals surface area contributed by atoms with E-state index in [1.165, 1.54) is 6.20 Å². The number of aromatic nitrogens is 1. The smallest absolute Gasteiger partial charge is 0.189 e. The maximum atomic E-state index is 5.68. The molecule has 78 valence electrons.